The minimum absolute atomic E-state index is 0.133. The van der Waals surface area contributed by atoms with Gasteiger partial charge in [-0.3, -0.25) is 4.79 Å². The lowest BCUT2D eigenvalue weighted by Crippen LogP contribution is -2.43. The van der Waals surface area contributed by atoms with Crippen LogP contribution >= 0.6 is 11.8 Å². The van der Waals surface area contributed by atoms with E-state index >= 15 is 0 Å². The molecule has 0 bridgehead atoms. The second-order valence-corrected chi connectivity index (χ2v) is 8.23. The summed E-state index contributed by atoms with van der Waals surface area (Å²) in [5.41, 5.74) is 2.34. The van der Waals surface area contributed by atoms with E-state index in [1.807, 2.05) is 11.8 Å². The van der Waals surface area contributed by atoms with Crippen LogP contribution in [0.5, 0.6) is 0 Å². The average molecular weight is 362 g/mol. The normalized spacial score (nSPS) is 19.0. The van der Waals surface area contributed by atoms with Crippen molar-refractivity contribution in [2.45, 2.75) is 38.5 Å². The van der Waals surface area contributed by atoms with Gasteiger partial charge in [0.1, 0.15) is 0 Å². The standard InChI is InChI=1S/C20H31N3OS/c24-20(22-16-25-15-17-5-2-1-3-6-17)14-18-7-4-8-19(13-18)23-11-9-21-10-12-23/h4,7-8,13,17,21H,1-3,5-6,9-12,14-16H2,(H,22,24). The van der Waals surface area contributed by atoms with Crippen molar-refractivity contribution < 1.29 is 4.79 Å². The molecular formula is C20H31N3OS. The van der Waals surface area contributed by atoms with Crippen LogP contribution in [0.3, 0.4) is 0 Å². The fraction of sp³-hybridized carbons (Fsp3) is 0.650. The van der Waals surface area contributed by atoms with E-state index in [0.717, 1.165) is 43.5 Å². The molecule has 1 aliphatic carbocycles. The van der Waals surface area contributed by atoms with E-state index in [-0.39, 0.29) is 5.91 Å². The SMILES string of the molecule is O=C(Cc1cccc(N2CCNCC2)c1)NCSCC1CCCCC1. The van der Waals surface area contributed by atoms with Crippen LogP contribution < -0.4 is 15.5 Å². The third-order valence-electron chi connectivity index (χ3n) is 5.21. The topological polar surface area (TPSA) is 44.4 Å². The zero-order valence-electron chi connectivity index (χ0n) is 15.1. The average Bonchev–Trinajstić information content (AvgIpc) is 2.67. The second-order valence-electron chi connectivity index (χ2n) is 7.20. The van der Waals surface area contributed by atoms with E-state index < -0.39 is 0 Å². The van der Waals surface area contributed by atoms with Crippen LogP contribution in [0.2, 0.25) is 0 Å². The smallest absolute Gasteiger partial charge is 0.225 e. The van der Waals surface area contributed by atoms with Crippen molar-refractivity contribution >= 4 is 23.4 Å². The highest BCUT2D eigenvalue weighted by atomic mass is 32.2. The molecule has 0 atom stereocenters. The monoisotopic (exact) mass is 361 g/mol. The van der Waals surface area contributed by atoms with Crippen LogP contribution in [-0.2, 0) is 11.2 Å². The molecule has 2 fully saturated rings. The molecule has 0 aromatic heterocycles. The number of benzene rings is 1. The Labute approximate surface area is 156 Å². The van der Waals surface area contributed by atoms with E-state index in [1.54, 1.807) is 0 Å². The van der Waals surface area contributed by atoms with Crippen LogP contribution in [0, 0.1) is 5.92 Å². The zero-order chi connectivity index (χ0) is 17.3. The third-order valence-corrected chi connectivity index (χ3v) is 6.26. The molecule has 1 amide bonds. The number of hydrogen-bond donors (Lipinski definition) is 2. The van der Waals surface area contributed by atoms with Gasteiger partial charge in [-0.25, -0.2) is 0 Å². The first-order valence-electron chi connectivity index (χ1n) is 9.70. The minimum Gasteiger partial charge on any atom is -0.369 e. The lowest BCUT2D eigenvalue weighted by atomic mass is 9.91. The fourth-order valence-electron chi connectivity index (χ4n) is 3.74. The number of hydrogen-bond acceptors (Lipinski definition) is 4. The van der Waals surface area contributed by atoms with Gasteiger partial charge in [-0.05, 0) is 42.2 Å². The van der Waals surface area contributed by atoms with Gasteiger partial charge >= 0.3 is 0 Å². The summed E-state index contributed by atoms with van der Waals surface area (Å²) in [7, 11) is 0. The molecule has 1 heterocycles. The molecule has 2 aliphatic rings. The van der Waals surface area contributed by atoms with Crippen molar-refractivity contribution in [1.82, 2.24) is 10.6 Å². The summed E-state index contributed by atoms with van der Waals surface area (Å²) in [6, 6.07) is 8.44. The second kappa shape index (κ2) is 10.1. The van der Waals surface area contributed by atoms with Crippen LogP contribution in [0.25, 0.3) is 0 Å². The highest BCUT2D eigenvalue weighted by molar-refractivity contribution is 7.99. The molecule has 0 spiro atoms. The Kier molecular flexibility index (Phi) is 7.49. The van der Waals surface area contributed by atoms with Crippen LogP contribution in [0.4, 0.5) is 5.69 Å². The lowest BCUT2D eigenvalue weighted by molar-refractivity contribution is -0.120. The lowest BCUT2D eigenvalue weighted by Gasteiger charge is -2.29. The molecule has 5 heteroatoms. The maximum atomic E-state index is 12.2. The van der Waals surface area contributed by atoms with E-state index in [9.17, 15) is 4.79 Å². The van der Waals surface area contributed by atoms with Crippen molar-refractivity contribution in [1.29, 1.82) is 0 Å². The summed E-state index contributed by atoms with van der Waals surface area (Å²) in [5, 5.41) is 6.45. The molecule has 1 aromatic rings. The summed E-state index contributed by atoms with van der Waals surface area (Å²) in [6.07, 6.45) is 7.41. The van der Waals surface area contributed by atoms with Crippen molar-refractivity contribution in [2.75, 3.05) is 42.7 Å². The summed E-state index contributed by atoms with van der Waals surface area (Å²) in [4.78, 5) is 14.6. The number of carbonyl (C=O) groups is 1. The number of piperazine rings is 1. The molecule has 4 nitrogen and oxygen atoms in total. The van der Waals surface area contributed by atoms with E-state index in [1.165, 1.54) is 43.5 Å². The minimum atomic E-state index is 0.133. The van der Waals surface area contributed by atoms with Gasteiger partial charge < -0.3 is 15.5 Å². The molecule has 1 saturated heterocycles. The molecule has 0 unspecified atom stereocenters. The Morgan fingerprint density at radius 2 is 2.00 bits per heavy atom. The number of thioether (sulfide) groups is 1. The van der Waals surface area contributed by atoms with Crippen molar-refractivity contribution in [2.24, 2.45) is 5.92 Å². The molecular weight excluding hydrogens is 330 g/mol. The molecule has 1 aliphatic heterocycles. The zero-order valence-corrected chi connectivity index (χ0v) is 16.0. The Morgan fingerprint density at radius 1 is 1.20 bits per heavy atom. The van der Waals surface area contributed by atoms with Gasteiger partial charge in [0, 0.05) is 31.9 Å². The predicted molar refractivity (Wildman–Crippen MR) is 107 cm³/mol. The summed E-state index contributed by atoms with van der Waals surface area (Å²) in [5.74, 6) is 2.94. The Morgan fingerprint density at radius 3 is 2.80 bits per heavy atom. The van der Waals surface area contributed by atoms with Crippen LogP contribution in [-0.4, -0.2) is 43.7 Å². The largest absolute Gasteiger partial charge is 0.369 e. The Hall–Kier alpha value is -1.20. The first kappa shape index (κ1) is 18.6. The third kappa shape index (κ3) is 6.23. The van der Waals surface area contributed by atoms with Gasteiger partial charge in [-0.15, -0.1) is 11.8 Å². The molecule has 0 radical (unpaired) electrons. The first-order valence-corrected chi connectivity index (χ1v) is 10.9. The quantitative estimate of drug-likeness (QED) is 0.579. The first-order chi connectivity index (χ1) is 12.3. The van der Waals surface area contributed by atoms with Crippen molar-refractivity contribution in [3.05, 3.63) is 29.8 Å². The number of carbonyl (C=O) groups excluding carboxylic acids is 1. The van der Waals surface area contributed by atoms with Gasteiger partial charge in [-0.1, -0.05) is 31.4 Å². The molecule has 25 heavy (non-hydrogen) atoms. The number of anilines is 1. The summed E-state index contributed by atoms with van der Waals surface area (Å²) < 4.78 is 0. The van der Waals surface area contributed by atoms with Gasteiger partial charge in [0.15, 0.2) is 0 Å². The summed E-state index contributed by atoms with van der Waals surface area (Å²) in [6.45, 7) is 4.13. The summed E-state index contributed by atoms with van der Waals surface area (Å²) >= 11 is 1.88. The van der Waals surface area contributed by atoms with Gasteiger partial charge in [0.05, 0.1) is 12.3 Å². The van der Waals surface area contributed by atoms with E-state index in [4.69, 9.17) is 0 Å². The van der Waals surface area contributed by atoms with Gasteiger partial charge in [0.25, 0.3) is 0 Å². The van der Waals surface area contributed by atoms with Crippen LogP contribution in [0.1, 0.15) is 37.7 Å². The van der Waals surface area contributed by atoms with Gasteiger partial charge in [-0.2, -0.15) is 0 Å². The van der Waals surface area contributed by atoms with E-state index in [0.29, 0.717) is 6.42 Å². The highest BCUT2D eigenvalue weighted by Gasteiger charge is 2.14. The van der Waals surface area contributed by atoms with Crippen LogP contribution in [0.15, 0.2) is 24.3 Å². The molecule has 2 N–H and O–H groups in total. The van der Waals surface area contributed by atoms with Crippen molar-refractivity contribution in [3.8, 4) is 0 Å². The molecule has 138 valence electrons. The number of nitrogens with one attached hydrogen (secondary N) is 2. The van der Waals surface area contributed by atoms with Crippen molar-refractivity contribution in [3.63, 3.8) is 0 Å². The molecule has 3 rings (SSSR count). The predicted octanol–water partition coefficient (Wildman–Crippen LogP) is 3.03. The Balaban J connectivity index is 1.38. The van der Waals surface area contributed by atoms with Gasteiger partial charge in [0.2, 0.25) is 5.91 Å². The molecule has 1 saturated carbocycles. The number of nitrogens with zero attached hydrogens (tertiary/aromatic N) is 1. The van der Waals surface area contributed by atoms with E-state index in [2.05, 4.69) is 39.8 Å². The number of amides is 1. The fourth-order valence-corrected chi connectivity index (χ4v) is 4.79. The Bertz CT molecular complexity index is 539. The number of rotatable bonds is 7. The maximum Gasteiger partial charge on any atom is 0.225 e. The molecule has 1 aromatic carbocycles. The highest BCUT2D eigenvalue weighted by Crippen LogP contribution is 2.26. The maximum absolute atomic E-state index is 12.2.